The zero-order valence-corrected chi connectivity index (χ0v) is 23.3. The molecule has 1 amide bonds. The zero-order chi connectivity index (χ0) is 28.2. The van der Waals surface area contributed by atoms with Gasteiger partial charge in [0.2, 0.25) is 0 Å². The van der Waals surface area contributed by atoms with Crippen LogP contribution < -0.4 is 14.2 Å². The molecule has 204 valence electrons. The van der Waals surface area contributed by atoms with Gasteiger partial charge in [-0.3, -0.25) is 14.8 Å². The molecule has 0 saturated carbocycles. The minimum Gasteiger partial charge on any atom is -0.496 e. The van der Waals surface area contributed by atoms with Gasteiger partial charge in [0.05, 0.1) is 43.0 Å². The molecule has 0 bridgehead atoms. The van der Waals surface area contributed by atoms with Gasteiger partial charge in [0.1, 0.15) is 10.1 Å². The van der Waals surface area contributed by atoms with Crippen LogP contribution >= 0.6 is 24.0 Å². The first-order valence-electron chi connectivity index (χ1n) is 12.3. The molecule has 0 radical (unpaired) electrons. The predicted octanol–water partition coefficient (Wildman–Crippen LogP) is 5.62. The number of carbonyl (C=O) groups is 2. The number of H-pyrrole nitrogens is 1. The average Bonchev–Trinajstić information content (AvgIpc) is 3.54. The molecule has 40 heavy (non-hydrogen) atoms. The summed E-state index contributed by atoms with van der Waals surface area (Å²) in [7, 11) is 3.08. The summed E-state index contributed by atoms with van der Waals surface area (Å²) >= 11 is 6.76. The molecule has 0 atom stereocenters. The number of amides is 1. The topological polar surface area (TPSA) is 114 Å². The van der Waals surface area contributed by atoms with Crippen LogP contribution in [0.4, 0.5) is 0 Å². The molecule has 4 aromatic rings. The number of rotatable bonds is 10. The summed E-state index contributed by atoms with van der Waals surface area (Å²) in [4.78, 5) is 26.5. The molecule has 1 aliphatic rings. The van der Waals surface area contributed by atoms with Crippen molar-refractivity contribution in [1.29, 1.82) is 0 Å². The number of carboxylic acid groups (broad SMARTS) is 1. The van der Waals surface area contributed by atoms with E-state index in [-0.39, 0.29) is 11.5 Å². The van der Waals surface area contributed by atoms with Gasteiger partial charge in [-0.1, -0.05) is 36.1 Å². The summed E-state index contributed by atoms with van der Waals surface area (Å²) in [5, 5.41) is 17.2. The van der Waals surface area contributed by atoms with Crippen molar-refractivity contribution in [2.24, 2.45) is 0 Å². The highest BCUT2D eigenvalue weighted by atomic mass is 32.2. The van der Waals surface area contributed by atoms with Crippen molar-refractivity contribution < 1.29 is 28.9 Å². The summed E-state index contributed by atoms with van der Waals surface area (Å²) < 4.78 is 17.1. The number of carbonyl (C=O) groups excluding carboxylic acids is 1. The number of thiocarbonyl (C=S) groups is 1. The van der Waals surface area contributed by atoms with E-state index in [2.05, 4.69) is 10.2 Å². The Morgan fingerprint density at radius 1 is 1.07 bits per heavy atom. The maximum absolute atomic E-state index is 13.2. The highest BCUT2D eigenvalue weighted by Gasteiger charge is 2.31. The summed E-state index contributed by atoms with van der Waals surface area (Å²) in [5.41, 5.74) is 3.78. The van der Waals surface area contributed by atoms with Crippen molar-refractivity contribution in [3.63, 3.8) is 0 Å². The standard InChI is InChI=1S/C29H25N3O6S2/c1-36-23-8-4-17(12-21(23)18-5-7-22-20(14-18)16-30-31-22)13-26-27(33)32(29(39)40-26)10-3-11-38-24-9-6-19(28(34)35)15-25(24)37-2/h4-9,12-16H,3,10-11H2,1-2H3,(H,30,31)(H,34,35). The molecule has 1 aromatic heterocycles. The lowest BCUT2D eigenvalue weighted by Gasteiger charge is -2.15. The number of methoxy groups -OCH3 is 2. The number of hydrogen-bond acceptors (Lipinski definition) is 8. The quantitative estimate of drug-likeness (QED) is 0.141. The monoisotopic (exact) mass is 575 g/mol. The fourth-order valence-electron chi connectivity index (χ4n) is 4.32. The van der Waals surface area contributed by atoms with Gasteiger partial charge in [0.25, 0.3) is 5.91 Å². The van der Waals surface area contributed by atoms with E-state index in [4.69, 9.17) is 31.5 Å². The third kappa shape index (κ3) is 5.65. The second-order valence-corrected chi connectivity index (χ2v) is 10.5. The van der Waals surface area contributed by atoms with Gasteiger partial charge in [0, 0.05) is 17.5 Å². The number of nitrogens with one attached hydrogen (secondary N) is 1. The lowest BCUT2D eigenvalue weighted by Crippen LogP contribution is -2.29. The molecule has 2 N–H and O–H groups in total. The third-order valence-corrected chi connectivity index (χ3v) is 7.72. The van der Waals surface area contributed by atoms with Crippen LogP contribution in [0.3, 0.4) is 0 Å². The maximum Gasteiger partial charge on any atom is 0.335 e. The first-order valence-corrected chi connectivity index (χ1v) is 13.5. The molecule has 9 nitrogen and oxygen atoms in total. The van der Waals surface area contributed by atoms with Gasteiger partial charge >= 0.3 is 5.97 Å². The van der Waals surface area contributed by atoms with Crippen molar-refractivity contribution in [2.75, 3.05) is 27.4 Å². The summed E-state index contributed by atoms with van der Waals surface area (Å²) in [5.74, 6) is 0.281. The third-order valence-electron chi connectivity index (χ3n) is 6.34. The first-order chi connectivity index (χ1) is 19.4. The van der Waals surface area contributed by atoms with E-state index >= 15 is 0 Å². The molecule has 5 rings (SSSR count). The molecular formula is C29H25N3O6S2. The number of thioether (sulfide) groups is 1. The Morgan fingerprint density at radius 2 is 1.88 bits per heavy atom. The lowest BCUT2D eigenvalue weighted by atomic mass is 10.0. The summed E-state index contributed by atoms with van der Waals surface area (Å²) in [6.07, 6.45) is 4.13. The van der Waals surface area contributed by atoms with Gasteiger partial charge in [0.15, 0.2) is 11.5 Å². The maximum atomic E-state index is 13.2. The van der Waals surface area contributed by atoms with Gasteiger partial charge in [-0.2, -0.15) is 5.10 Å². The summed E-state index contributed by atoms with van der Waals surface area (Å²) in [6, 6.07) is 16.2. The van der Waals surface area contributed by atoms with E-state index in [1.807, 2.05) is 42.5 Å². The Labute approximate surface area is 239 Å². The minimum atomic E-state index is -1.05. The molecule has 3 aromatic carbocycles. The molecule has 1 fully saturated rings. The van der Waals surface area contributed by atoms with Crippen LogP contribution in [0.15, 0.2) is 65.7 Å². The number of fused-ring (bicyclic) bond motifs is 1. The molecule has 1 saturated heterocycles. The molecule has 0 spiro atoms. The fraction of sp³-hybridized carbons (Fsp3) is 0.172. The Kier molecular flexibility index (Phi) is 8.04. The minimum absolute atomic E-state index is 0.108. The second kappa shape index (κ2) is 11.8. The molecular weight excluding hydrogens is 550 g/mol. The van der Waals surface area contributed by atoms with Crippen LogP contribution in [0.2, 0.25) is 0 Å². The van der Waals surface area contributed by atoms with Crippen LogP contribution in [0.5, 0.6) is 17.2 Å². The molecule has 0 aliphatic carbocycles. The van der Waals surface area contributed by atoms with E-state index < -0.39 is 5.97 Å². The zero-order valence-electron chi connectivity index (χ0n) is 21.7. The van der Waals surface area contributed by atoms with Gasteiger partial charge in [-0.25, -0.2) is 4.79 Å². The van der Waals surface area contributed by atoms with E-state index in [0.717, 1.165) is 33.3 Å². The highest BCUT2D eigenvalue weighted by Crippen LogP contribution is 2.36. The summed E-state index contributed by atoms with van der Waals surface area (Å²) in [6.45, 7) is 0.678. The van der Waals surface area contributed by atoms with Crippen LogP contribution in [-0.4, -0.2) is 63.8 Å². The largest absolute Gasteiger partial charge is 0.496 e. The van der Waals surface area contributed by atoms with Crippen LogP contribution in [0.1, 0.15) is 22.3 Å². The van der Waals surface area contributed by atoms with Crippen LogP contribution in [-0.2, 0) is 4.79 Å². The van der Waals surface area contributed by atoms with Gasteiger partial charge < -0.3 is 19.3 Å². The van der Waals surface area contributed by atoms with Crippen molar-refractivity contribution in [3.05, 3.63) is 76.8 Å². The Balaban J connectivity index is 1.26. The van der Waals surface area contributed by atoms with Crippen molar-refractivity contribution in [2.45, 2.75) is 6.42 Å². The SMILES string of the molecule is COc1cc(C(=O)O)ccc1OCCCN1C(=O)C(=Cc2ccc(OC)c(-c3ccc4[nH]ncc4c3)c2)SC1=S. The number of aromatic nitrogens is 2. The number of aromatic amines is 1. The predicted molar refractivity (Wildman–Crippen MR) is 158 cm³/mol. The average molecular weight is 576 g/mol. The van der Waals surface area contributed by atoms with Gasteiger partial charge in [-0.05, 0) is 66.1 Å². The first kappa shape index (κ1) is 27.2. The number of benzene rings is 3. The van der Waals surface area contributed by atoms with E-state index in [0.29, 0.717) is 40.3 Å². The Bertz CT molecular complexity index is 1650. The number of carboxylic acids is 1. The van der Waals surface area contributed by atoms with Crippen LogP contribution in [0, 0.1) is 0 Å². The molecule has 2 heterocycles. The number of hydrogen-bond donors (Lipinski definition) is 2. The molecule has 11 heteroatoms. The second-order valence-electron chi connectivity index (χ2n) is 8.84. The van der Waals surface area contributed by atoms with Crippen molar-refractivity contribution in [3.8, 4) is 28.4 Å². The molecule has 1 aliphatic heterocycles. The normalized spacial score (nSPS) is 14.2. The van der Waals surface area contributed by atoms with Crippen molar-refractivity contribution in [1.82, 2.24) is 15.1 Å². The van der Waals surface area contributed by atoms with Crippen LogP contribution in [0.25, 0.3) is 28.1 Å². The van der Waals surface area contributed by atoms with Crippen molar-refractivity contribution >= 4 is 57.2 Å². The highest BCUT2D eigenvalue weighted by molar-refractivity contribution is 8.26. The number of ether oxygens (including phenoxy) is 3. The smallest absolute Gasteiger partial charge is 0.335 e. The number of aromatic carboxylic acids is 1. The Morgan fingerprint density at radius 3 is 2.65 bits per heavy atom. The van der Waals surface area contributed by atoms with E-state index in [9.17, 15) is 9.59 Å². The Hall–Kier alpha value is -4.35. The molecule has 0 unspecified atom stereocenters. The van der Waals surface area contributed by atoms with E-state index in [1.165, 1.54) is 31.0 Å². The number of nitrogens with zero attached hydrogens (tertiary/aromatic N) is 2. The van der Waals surface area contributed by atoms with E-state index in [1.54, 1.807) is 24.3 Å². The fourth-order valence-corrected chi connectivity index (χ4v) is 5.63. The van der Waals surface area contributed by atoms with Gasteiger partial charge in [-0.15, -0.1) is 0 Å². The lowest BCUT2D eigenvalue weighted by molar-refractivity contribution is -0.122.